The smallest absolute Gasteiger partial charge is 0.338 e. The Kier molecular flexibility index (Phi) is 8.01. The first-order chi connectivity index (χ1) is 18.9. The van der Waals surface area contributed by atoms with Crippen LogP contribution in [0.1, 0.15) is 27.6 Å². The molecular weight excluding hydrogens is 546 g/mol. The number of ether oxygens (including phenoxy) is 3. The molecule has 1 aromatic heterocycles. The summed E-state index contributed by atoms with van der Waals surface area (Å²) in [6.07, 6.45) is -4.90. The summed E-state index contributed by atoms with van der Waals surface area (Å²) in [5.41, 5.74) is -4.29. The van der Waals surface area contributed by atoms with Crippen LogP contribution in [0.15, 0.2) is 82.5 Å². The molecule has 5 unspecified atom stereocenters. The second-order valence-electron chi connectivity index (χ2n) is 8.80. The maximum absolute atomic E-state index is 13.1. The number of carbonyl (C=O) groups excluding carboxylic acids is 2. The third kappa shape index (κ3) is 5.86. The van der Waals surface area contributed by atoms with Crippen LogP contribution in [-0.2, 0) is 34.2 Å². The summed E-state index contributed by atoms with van der Waals surface area (Å²) in [4.78, 5) is 52.3. The van der Waals surface area contributed by atoms with E-state index in [0.29, 0.717) is 10.8 Å². The van der Waals surface area contributed by atoms with Crippen molar-refractivity contribution in [2.45, 2.75) is 37.1 Å². The molecule has 1 fully saturated rings. The van der Waals surface area contributed by atoms with E-state index in [1.807, 2.05) is 4.98 Å². The quantitative estimate of drug-likeness (QED) is 0.301. The van der Waals surface area contributed by atoms with Crippen molar-refractivity contribution in [1.82, 2.24) is 9.55 Å². The molecular formula is C26H23N3O10S. The number of benzene rings is 2. The summed E-state index contributed by atoms with van der Waals surface area (Å²) < 4.78 is 47.6. The van der Waals surface area contributed by atoms with Gasteiger partial charge < -0.3 is 14.2 Å². The molecule has 0 spiro atoms. The second-order valence-corrected chi connectivity index (χ2v) is 10.4. The standard InChI is InChI=1S/C26H23N3O10S/c1-16(36-23(31)17-9-5-3-6-10-17)20-21(37-24(32)18-11-7-4-8-12-18)22(39-40(2,34)35)26(15-27,38-20)29-14-13-19(30)28-25(29)33/h3-14,16,20-22H,1-2H3,(H,28,30,33). The Morgan fingerprint density at radius 2 is 1.60 bits per heavy atom. The molecule has 1 N–H and O–H groups in total. The molecule has 0 radical (unpaired) electrons. The fourth-order valence-electron chi connectivity index (χ4n) is 4.20. The third-order valence-electron chi connectivity index (χ3n) is 5.96. The molecule has 0 aliphatic carbocycles. The first kappa shape index (κ1) is 28.4. The third-order valence-corrected chi connectivity index (χ3v) is 6.52. The second kappa shape index (κ2) is 11.3. The highest BCUT2D eigenvalue weighted by Gasteiger charge is 2.63. The van der Waals surface area contributed by atoms with Crippen molar-refractivity contribution in [3.8, 4) is 6.07 Å². The number of nitriles is 1. The summed E-state index contributed by atoms with van der Waals surface area (Å²) in [5, 5.41) is 10.3. The summed E-state index contributed by atoms with van der Waals surface area (Å²) >= 11 is 0. The van der Waals surface area contributed by atoms with Gasteiger partial charge >= 0.3 is 17.6 Å². The van der Waals surface area contributed by atoms with E-state index in [1.54, 1.807) is 42.5 Å². The van der Waals surface area contributed by atoms with Gasteiger partial charge in [-0.1, -0.05) is 36.4 Å². The molecule has 208 valence electrons. The molecule has 3 aromatic rings. The van der Waals surface area contributed by atoms with Crippen LogP contribution in [0.2, 0.25) is 0 Å². The normalized spacial score (nSPS) is 23.1. The summed E-state index contributed by atoms with van der Waals surface area (Å²) in [5.74, 6) is -1.73. The highest BCUT2D eigenvalue weighted by atomic mass is 32.2. The maximum atomic E-state index is 13.1. The number of carbonyl (C=O) groups is 2. The van der Waals surface area contributed by atoms with E-state index in [4.69, 9.17) is 18.4 Å². The van der Waals surface area contributed by atoms with Gasteiger partial charge in [0, 0.05) is 12.3 Å². The minimum Gasteiger partial charge on any atom is -0.456 e. The monoisotopic (exact) mass is 569 g/mol. The van der Waals surface area contributed by atoms with Crippen molar-refractivity contribution < 1.29 is 36.4 Å². The number of esters is 2. The minimum absolute atomic E-state index is 0.0731. The van der Waals surface area contributed by atoms with E-state index in [2.05, 4.69) is 0 Å². The van der Waals surface area contributed by atoms with Gasteiger partial charge in [0.05, 0.1) is 17.4 Å². The van der Waals surface area contributed by atoms with Crippen LogP contribution in [0.5, 0.6) is 0 Å². The van der Waals surface area contributed by atoms with Crippen LogP contribution in [0.4, 0.5) is 0 Å². The number of aromatic nitrogens is 2. The van der Waals surface area contributed by atoms with Gasteiger partial charge in [0.2, 0.25) is 0 Å². The minimum atomic E-state index is -4.38. The number of nitrogens with one attached hydrogen (secondary N) is 1. The molecule has 1 aliphatic rings. The number of hydrogen-bond acceptors (Lipinski definition) is 11. The first-order valence-electron chi connectivity index (χ1n) is 11.8. The van der Waals surface area contributed by atoms with Crippen molar-refractivity contribution in [2.75, 3.05) is 6.26 Å². The Labute approximate surface area is 227 Å². The van der Waals surface area contributed by atoms with Gasteiger partial charge in [0.1, 0.15) is 18.3 Å². The number of H-pyrrole nitrogens is 1. The number of nitrogens with zero attached hydrogens (tertiary/aromatic N) is 2. The molecule has 2 heterocycles. The topological polar surface area (TPSA) is 184 Å². The molecule has 2 aromatic carbocycles. The largest absolute Gasteiger partial charge is 0.456 e. The lowest BCUT2D eigenvalue weighted by Crippen LogP contribution is -2.53. The predicted molar refractivity (Wildman–Crippen MR) is 136 cm³/mol. The van der Waals surface area contributed by atoms with Crippen molar-refractivity contribution in [3.63, 3.8) is 0 Å². The van der Waals surface area contributed by atoms with Gasteiger partial charge in [0.25, 0.3) is 21.4 Å². The zero-order valence-electron chi connectivity index (χ0n) is 21.1. The average Bonchev–Trinajstić information content (AvgIpc) is 3.22. The Morgan fingerprint density at radius 1 is 1.02 bits per heavy atom. The van der Waals surface area contributed by atoms with E-state index in [0.717, 1.165) is 12.3 Å². The average molecular weight is 570 g/mol. The Balaban J connectivity index is 1.83. The van der Waals surface area contributed by atoms with Crippen LogP contribution in [0, 0.1) is 11.3 Å². The van der Waals surface area contributed by atoms with Crippen molar-refractivity contribution in [1.29, 1.82) is 5.26 Å². The number of hydrogen-bond donors (Lipinski definition) is 1. The molecule has 0 bridgehead atoms. The lowest BCUT2D eigenvalue weighted by molar-refractivity contribution is -0.123. The van der Waals surface area contributed by atoms with Crippen LogP contribution in [0.25, 0.3) is 0 Å². The van der Waals surface area contributed by atoms with Crippen molar-refractivity contribution >= 4 is 22.1 Å². The molecule has 5 atom stereocenters. The van der Waals surface area contributed by atoms with Gasteiger partial charge in [0.15, 0.2) is 12.2 Å². The van der Waals surface area contributed by atoms with Crippen LogP contribution in [0.3, 0.4) is 0 Å². The van der Waals surface area contributed by atoms with Crippen molar-refractivity contribution in [3.05, 3.63) is 105 Å². The summed E-state index contributed by atoms with van der Waals surface area (Å²) in [6, 6.07) is 18.2. The molecule has 0 saturated carbocycles. The zero-order valence-corrected chi connectivity index (χ0v) is 21.9. The van der Waals surface area contributed by atoms with Gasteiger partial charge in [-0.3, -0.25) is 18.5 Å². The molecule has 1 saturated heterocycles. The summed E-state index contributed by atoms with van der Waals surface area (Å²) in [7, 11) is -4.38. The highest BCUT2D eigenvalue weighted by Crippen LogP contribution is 2.41. The van der Waals surface area contributed by atoms with E-state index < -0.39 is 63.4 Å². The molecule has 4 rings (SSSR count). The lowest BCUT2D eigenvalue weighted by atomic mass is 10.0. The molecule has 40 heavy (non-hydrogen) atoms. The molecule has 1 aliphatic heterocycles. The molecule has 14 heteroatoms. The van der Waals surface area contributed by atoms with Crippen LogP contribution >= 0.6 is 0 Å². The first-order valence-corrected chi connectivity index (χ1v) is 13.6. The highest BCUT2D eigenvalue weighted by molar-refractivity contribution is 7.86. The number of rotatable bonds is 8. The van der Waals surface area contributed by atoms with E-state index in [1.165, 1.54) is 31.2 Å². The molecule has 13 nitrogen and oxygen atoms in total. The fraction of sp³-hybridized carbons (Fsp3) is 0.269. The van der Waals surface area contributed by atoms with Crippen molar-refractivity contribution in [2.24, 2.45) is 0 Å². The SMILES string of the molecule is CC(OC(=O)c1ccccc1)C1OC(C#N)(n2ccc(=O)[nH]c2=O)C(OS(C)(=O)=O)C1OC(=O)c1ccccc1. The van der Waals surface area contributed by atoms with Crippen LogP contribution in [-0.4, -0.2) is 60.6 Å². The molecule has 0 amide bonds. The maximum Gasteiger partial charge on any atom is 0.338 e. The number of aromatic amines is 1. The zero-order chi connectivity index (χ0) is 29.1. The predicted octanol–water partition coefficient (Wildman–Crippen LogP) is 0.928. The van der Waals surface area contributed by atoms with Gasteiger partial charge in [-0.25, -0.2) is 14.4 Å². The van der Waals surface area contributed by atoms with Gasteiger partial charge in [-0.2, -0.15) is 13.7 Å². The van der Waals surface area contributed by atoms with Gasteiger partial charge in [-0.05, 0) is 31.2 Å². The Bertz CT molecular complexity index is 1660. The van der Waals surface area contributed by atoms with E-state index in [-0.39, 0.29) is 11.1 Å². The summed E-state index contributed by atoms with van der Waals surface area (Å²) in [6.45, 7) is 1.37. The fourth-order valence-corrected chi connectivity index (χ4v) is 4.81. The Morgan fingerprint density at radius 3 is 2.12 bits per heavy atom. The lowest BCUT2D eigenvalue weighted by Gasteiger charge is -2.29. The van der Waals surface area contributed by atoms with Crippen LogP contribution < -0.4 is 11.2 Å². The van der Waals surface area contributed by atoms with E-state index >= 15 is 0 Å². The Hall–Kier alpha value is -4.58. The van der Waals surface area contributed by atoms with E-state index in [9.17, 15) is 32.9 Å². The van der Waals surface area contributed by atoms with Gasteiger partial charge in [-0.15, -0.1) is 0 Å².